The predicted molar refractivity (Wildman–Crippen MR) is 167 cm³/mol. The van der Waals surface area contributed by atoms with Crippen LogP contribution >= 0.6 is 0 Å². The van der Waals surface area contributed by atoms with Gasteiger partial charge in [-0.2, -0.15) is 8.42 Å². The summed E-state index contributed by atoms with van der Waals surface area (Å²) in [6.07, 6.45) is -5.55. The molecule has 2 saturated heterocycles. The Hall–Kier alpha value is -0.870. The molecule has 0 aromatic carbocycles. The lowest BCUT2D eigenvalue weighted by Gasteiger charge is -2.49. The summed E-state index contributed by atoms with van der Waals surface area (Å²) in [7, 11) is -5.67. The van der Waals surface area contributed by atoms with Crippen molar-refractivity contribution in [3.63, 3.8) is 0 Å². The number of rotatable bonds is 21. The largest absolute Gasteiger partial charge is 0.394 e. The molecule has 2 heterocycles. The summed E-state index contributed by atoms with van der Waals surface area (Å²) in [4.78, 5) is -3.62. The zero-order chi connectivity index (χ0) is 35.4. The molecule has 0 aliphatic carbocycles. The maximum atomic E-state index is 12.5. The molecule has 2 unspecified atom stereocenters. The van der Waals surface area contributed by atoms with E-state index in [9.17, 15) is 58.9 Å². The van der Waals surface area contributed by atoms with E-state index in [1.54, 1.807) is 0 Å². The van der Waals surface area contributed by atoms with Crippen molar-refractivity contribution in [3.05, 3.63) is 12.2 Å². The molecule has 0 bridgehead atoms. The normalized spacial score (nSPS) is 34.7. The highest BCUT2D eigenvalue weighted by atomic mass is 32.2. The maximum absolute atomic E-state index is 12.5. The lowest BCUT2D eigenvalue weighted by atomic mass is 9.87. The minimum absolute atomic E-state index is 0.510. The van der Waals surface area contributed by atoms with Crippen molar-refractivity contribution in [1.82, 2.24) is 0 Å². The Morgan fingerprint density at radius 2 is 1.32 bits per heavy atom. The quantitative estimate of drug-likeness (QED) is 0.0356. The minimum Gasteiger partial charge on any atom is -0.394 e. The average Bonchev–Trinajstić information content (AvgIpc) is 3.04. The smallest absolute Gasteiger partial charge is 0.299 e. The van der Waals surface area contributed by atoms with E-state index in [2.05, 4.69) is 6.92 Å². The van der Waals surface area contributed by atoms with Crippen molar-refractivity contribution in [2.24, 2.45) is 5.73 Å². The summed E-state index contributed by atoms with van der Waals surface area (Å²) in [5.74, 6) is 0. The first kappa shape index (κ1) is 42.3. The molecule has 12 N–H and O–H groups in total. The van der Waals surface area contributed by atoms with Gasteiger partial charge < -0.3 is 65.9 Å². The van der Waals surface area contributed by atoms with E-state index in [4.69, 9.17) is 19.9 Å². The van der Waals surface area contributed by atoms with Gasteiger partial charge in [-0.15, -0.1) is 0 Å². The Balaban J connectivity index is 2.02. The lowest BCUT2D eigenvalue weighted by molar-refractivity contribution is -0.347. The first-order valence-electron chi connectivity index (χ1n) is 16.5. The molecule has 47 heavy (non-hydrogen) atoms. The van der Waals surface area contributed by atoms with Crippen molar-refractivity contribution in [1.29, 1.82) is 0 Å². The Bertz CT molecular complexity index is 1020. The van der Waals surface area contributed by atoms with Crippen molar-refractivity contribution in [3.8, 4) is 0 Å². The summed E-state index contributed by atoms with van der Waals surface area (Å²) >= 11 is 0. The fourth-order valence-electron chi connectivity index (χ4n) is 5.97. The monoisotopic (exact) mass is 703 g/mol. The van der Waals surface area contributed by atoms with Gasteiger partial charge in [-0.25, -0.2) is 0 Å². The number of aliphatic hydroxyl groups is 9. The third-order valence-electron chi connectivity index (χ3n) is 8.98. The molecule has 278 valence electrons. The molecule has 0 saturated carbocycles. The first-order valence-corrected chi connectivity index (χ1v) is 18.0. The summed E-state index contributed by atoms with van der Waals surface area (Å²) in [6, 6.07) is -2.22. The predicted octanol–water partition coefficient (Wildman–Crippen LogP) is -1.83. The molecule has 0 aromatic heterocycles. The molecule has 16 nitrogen and oxygen atoms in total. The third kappa shape index (κ3) is 11.1. The zero-order valence-corrected chi connectivity index (χ0v) is 27.8. The van der Waals surface area contributed by atoms with Gasteiger partial charge >= 0.3 is 0 Å². The third-order valence-corrected chi connectivity index (χ3v) is 10.3. The molecule has 17 heteroatoms. The first-order chi connectivity index (χ1) is 22.2. The summed E-state index contributed by atoms with van der Waals surface area (Å²) < 4.78 is 51.1. The highest BCUT2D eigenvalue weighted by Gasteiger charge is 2.63. The fourth-order valence-corrected chi connectivity index (χ4v) is 6.94. The molecule has 2 aliphatic rings. The molecular formula is C30H57NO15S. The van der Waals surface area contributed by atoms with Crippen LogP contribution < -0.4 is 5.73 Å². The van der Waals surface area contributed by atoms with Crippen LogP contribution in [0.5, 0.6) is 0 Å². The van der Waals surface area contributed by atoms with E-state index in [0.29, 0.717) is 6.42 Å². The topological polar surface area (TPSA) is 290 Å². The fraction of sp³-hybridized carbons (Fsp3) is 0.933. The molecule has 2 fully saturated rings. The summed E-state index contributed by atoms with van der Waals surface area (Å²) in [5, 5.41) is 93.3. The van der Waals surface area contributed by atoms with Crippen LogP contribution in [-0.4, -0.2) is 150 Å². The van der Waals surface area contributed by atoms with E-state index in [0.717, 1.165) is 31.8 Å². The number of hydrogen-bond acceptors (Lipinski definition) is 15. The van der Waals surface area contributed by atoms with Crippen LogP contribution in [0.4, 0.5) is 0 Å². The van der Waals surface area contributed by atoms with Crippen LogP contribution in [-0.2, 0) is 24.3 Å². The molecule has 2 rings (SSSR count). The van der Waals surface area contributed by atoms with Gasteiger partial charge in [-0.05, 0) is 12.8 Å². The van der Waals surface area contributed by atoms with Crippen LogP contribution in [0.2, 0.25) is 0 Å². The number of allylic oxidation sites excluding steroid dienone is 1. The SMILES string of the molecule is CCCCCCCCCCCCC/C=C/[C@@H](O)[C@@H](N)C(O)(C1O[C@H](CO)[C@@H](O[C@@H]2O[C@H](CO)[C@H](O)[C@H](O)[C@H]2O)[C@H](O)[C@H]1O)S(=O)(=O)O. The zero-order valence-electron chi connectivity index (χ0n) is 27.0. The van der Waals surface area contributed by atoms with E-state index in [1.165, 1.54) is 51.0 Å². The molecule has 13 atom stereocenters. The Labute approximate surface area is 276 Å². The average molecular weight is 704 g/mol. The molecule has 0 spiro atoms. The van der Waals surface area contributed by atoms with Crippen molar-refractivity contribution < 1.29 is 73.1 Å². The molecular weight excluding hydrogens is 646 g/mol. The van der Waals surface area contributed by atoms with Crippen molar-refractivity contribution in [2.45, 2.75) is 162 Å². The summed E-state index contributed by atoms with van der Waals surface area (Å²) in [5.41, 5.74) is 5.93. The van der Waals surface area contributed by atoms with Gasteiger partial charge in [0.15, 0.2) is 6.29 Å². The number of nitrogens with two attached hydrogens (primary N) is 1. The Morgan fingerprint density at radius 3 is 1.83 bits per heavy atom. The summed E-state index contributed by atoms with van der Waals surface area (Å²) in [6.45, 7) is 0.340. The van der Waals surface area contributed by atoms with Crippen molar-refractivity contribution >= 4 is 10.1 Å². The van der Waals surface area contributed by atoms with Crippen LogP contribution in [0.3, 0.4) is 0 Å². The van der Waals surface area contributed by atoms with E-state index in [1.807, 2.05) is 0 Å². The molecule has 2 aliphatic heterocycles. The lowest BCUT2D eigenvalue weighted by Crippen LogP contribution is -2.74. The van der Waals surface area contributed by atoms with Gasteiger partial charge in [0.05, 0.1) is 25.4 Å². The van der Waals surface area contributed by atoms with Gasteiger partial charge in [0, 0.05) is 0 Å². The van der Waals surface area contributed by atoms with E-state index < -0.39 is 102 Å². The maximum Gasteiger partial charge on any atom is 0.299 e. The van der Waals surface area contributed by atoms with Gasteiger partial charge in [0.2, 0.25) is 4.93 Å². The Morgan fingerprint density at radius 1 is 0.787 bits per heavy atom. The van der Waals surface area contributed by atoms with Gasteiger partial charge in [0.1, 0.15) is 54.9 Å². The van der Waals surface area contributed by atoms with E-state index in [-0.39, 0.29) is 0 Å². The second kappa shape index (κ2) is 20.1. The van der Waals surface area contributed by atoms with Crippen LogP contribution in [0.1, 0.15) is 84.0 Å². The second-order valence-electron chi connectivity index (χ2n) is 12.6. The Kier molecular flexibility index (Phi) is 18.1. The number of unbranched alkanes of at least 4 members (excludes halogenated alkanes) is 11. The molecule has 0 radical (unpaired) electrons. The number of hydrogen-bond donors (Lipinski definition) is 11. The molecule has 0 amide bonds. The van der Waals surface area contributed by atoms with Crippen LogP contribution in [0.25, 0.3) is 0 Å². The van der Waals surface area contributed by atoms with Gasteiger partial charge in [0.25, 0.3) is 10.1 Å². The van der Waals surface area contributed by atoms with Gasteiger partial charge in [-0.1, -0.05) is 83.3 Å². The second-order valence-corrected chi connectivity index (χ2v) is 14.2. The standard InChI is InChI=1S/C30H57NO15S/c1-2-3-4-5-6-7-8-9-10-11-12-13-14-15-18(34)27(31)30(40,47(41,42)43)28-24(38)23(37)26(20(17-33)44-28)46-29-25(39)22(36)21(35)19(16-32)45-29/h14-15,18-29,32-40H,2-13,16-17,31H2,1H3,(H,41,42,43)/b15-14+/t18-,19-,20-,21+,22+,23-,24-,25-,26-,27-,28?,29+,30?/m1/s1. The van der Waals surface area contributed by atoms with Crippen LogP contribution in [0, 0.1) is 0 Å². The number of ether oxygens (including phenoxy) is 3. The van der Waals surface area contributed by atoms with Gasteiger partial charge in [-0.3, -0.25) is 4.55 Å². The van der Waals surface area contributed by atoms with E-state index >= 15 is 0 Å². The molecule has 0 aromatic rings. The number of aliphatic hydroxyl groups excluding tert-OH is 8. The minimum atomic E-state index is -5.67. The highest BCUT2D eigenvalue weighted by Crippen LogP contribution is 2.36. The highest BCUT2D eigenvalue weighted by molar-refractivity contribution is 7.87. The van der Waals surface area contributed by atoms with Crippen molar-refractivity contribution in [2.75, 3.05) is 13.2 Å². The van der Waals surface area contributed by atoms with Crippen LogP contribution in [0.15, 0.2) is 12.2 Å².